The summed E-state index contributed by atoms with van der Waals surface area (Å²) in [7, 11) is 0. The lowest BCUT2D eigenvalue weighted by atomic mass is 9.96. The summed E-state index contributed by atoms with van der Waals surface area (Å²) in [5, 5.41) is 4.21. The molecule has 0 radical (unpaired) electrons. The van der Waals surface area contributed by atoms with Crippen LogP contribution in [0.1, 0.15) is 60.9 Å². The standard InChI is InChI=1S/C16H23ClN2O/c17-15-10-12(16(18)20)8-9-13(15)11-19-14-6-4-2-1-3-5-7-14/h8-10,14,19H,1-7,11H2,(H2,18,20). The minimum atomic E-state index is -0.438. The molecule has 0 bridgehead atoms. The second kappa shape index (κ2) is 7.65. The molecule has 0 aliphatic heterocycles. The highest BCUT2D eigenvalue weighted by atomic mass is 35.5. The SMILES string of the molecule is NC(=O)c1ccc(CNC2CCCCCCC2)c(Cl)c1. The predicted octanol–water partition coefficient (Wildman–Crippen LogP) is 3.64. The fourth-order valence-corrected chi connectivity index (χ4v) is 3.01. The Hall–Kier alpha value is -1.06. The third-order valence-electron chi connectivity index (χ3n) is 4.02. The molecular formula is C16H23ClN2O. The minimum Gasteiger partial charge on any atom is -0.366 e. The minimum absolute atomic E-state index is 0.438. The Labute approximate surface area is 125 Å². The molecule has 2 rings (SSSR count). The van der Waals surface area contributed by atoms with E-state index in [0.717, 1.165) is 12.1 Å². The molecule has 1 fully saturated rings. The van der Waals surface area contributed by atoms with Gasteiger partial charge in [0.05, 0.1) is 0 Å². The molecule has 0 saturated heterocycles. The molecule has 110 valence electrons. The van der Waals surface area contributed by atoms with Gasteiger partial charge in [0.25, 0.3) is 0 Å². The monoisotopic (exact) mass is 294 g/mol. The number of amides is 1. The largest absolute Gasteiger partial charge is 0.366 e. The second-order valence-electron chi connectivity index (χ2n) is 5.59. The number of hydrogen-bond acceptors (Lipinski definition) is 2. The van der Waals surface area contributed by atoms with E-state index >= 15 is 0 Å². The molecule has 0 aromatic heterocycles. The Balaban J connectivity index is 1.91. The Kier molecular flexibility index (Phi) is 5.86. The van der Waals surface area contributed by atoms with Gasteiger partial charge in [-0.05, 0) is 30.5 Å². The van der Waals surface area contributed by atoms with Crippen LogP contribution in [0, 0.1) is 0 Å². The van der Waals surface area contributed by atoms with Crippen molar-refractivity contribution in [2.45, 2.75) is 57.5 Å². The zero-order valence-electron chi connectivity index (χ0n) is 11.8. The van der Waals surface area contributed by atoms with Crippen molar-refractivity contribution in [2.75, 3.05) is 0 Å². The number of carbonyl (C=O) groups excluding carboxylic acids is 1. The maximum absolute atomic E-state index is 11.1. The summed E-state index contributed by atoms with van der Waals surface area (Å²) in [5.41, 5.74) is 6.73. The van der Waals surface area contributed by atoms with Crippen molar-refractivity contribution in [3.63, 3.8) is 0 Å². The third-order valence-corrected chi connectivity index (χ3v) is 4.38. The van der Waals surface area contributed by atoms with Crippen LogP contribution in [0.2, 0.25) is 5.02 Å². The average Bonchev–Trinajstić information content (AvgIpc) is 2.38. The molecule has 3 nitrogen and oxygen atoms in total. The van der Waals surface area contributed by atoms with Gasteiger partial charge < -0.3 is 11.1 Å². The number of primary amides is 1. The third kappa shape index (κ3) is 4.50. The Morgan fingerprint density at radius 2 is 1.85 bits per heavy atom. The zero-order chi connectivity index (χ0) is 14.4. The van der Waals surface area contributed by atoms with Crippen LogP contribution in [0.3, 0.4) is 0 Å². The molecule has 3 N–H and O–H groups in total. The average molecular weight is 295 g/mol. The van der Waals surface area contributed by atoms with Gasteiger partial charge in [0, 0.05) is 23.2 Å². The molecule has 1 aliphatic carbocycles. The smallest absolute Gasteiger partial charge is 0.248 e. The highest BCUT2D eigenvalue weighted by Crippen LogP contribution is 2.20. The molecule has 1 aromatic carbocycles. The molecule has 1 saturated carbocycles. The van der Waals surface area contributed by atoms with Gasteiger partial charge in [-0.1, -0.05) is 49.8 Å². The molecule has 1 amide bonds. The first-order valence-corrected chi connectivity index (χ1v) is 7.86. The highest BCUT2D eigenvalue weighted by molar-refractivity contribution is 6.31. The fraction of sp³-hybridized carbons (Fsp3) is 0.562. The zero-order valence-corrected chi connectivity index (χ0v) is 12.6. The number of rotatable bonds is 4. The predicted molar refractivity (Wildman–Crippen MR) is 82.9 cm³/mol. The maximum Gasteiger partial charge on any atom is 0.248 e. The van der Waals surface area contributed by atoms with Gasteiger partial charge in [-0.15, -0.1) is 0 Å². The summed E-state index contributed by atoms with van der Waals surface area (Å²) >= 11 is 6.20. The van der Waals surface area contributed by atoms with Gasteiger partial charge >= 0.3 is 0 Å². The lowest BCUT2D eigenvalue weighted by Crippen LogP contribution is -2.29. The van der Waals surface area contributed by atoms with Crippen molar-refractivity contribution < 1.29 is 4.79 Å². The van der Waals surface area contributed by atoms with Crippen LogP contribution in [0.4, 0.5) is 0 Å². The Morgan fingerprint density at radius 3 is 2.45 bits per heavy atom. The lowest BCUT2D eigenvalue weighted by Gasteiger charge is -2.21. The summed E-state index contributed by atoms with van der Waals surface area (Å²) < 4.78 is 0. The topological polar surface area (TPSA) is 55.1 Å². The van der Waals surface area contributed by atoms with Crippen LogP contribution in [-0.2, 0) is 6.54 Å². The molecule has 0 heterocycles. The van der Waals surface area contributed by atoms with Gasteiger partial charge in [-0.2, -0.15) is 0 Å². The van der Waals surface area contributed by atoms with Crippen LogP contribution < -0.4 is 11.1 Å². The molecule has 0 unspecified atom stereocenters. The maximum atomic E-state index is 11.1. The first-order valence-electron chi connectivity index (χ1n) is 7.48. The van der Waals surface area contributed by atoms with E-state index < -0.39 is 5.91 Å². The molecule has 0 atom stereocenters. The van der Waals surface area contributed by atoms with Gasteiger partial charge in [-0.3, -0.25) is 4.79 Å². The molecular weight excluding hydrogens is 272 g/mol. The quantitative estimate of drug-likeness (QED) is 0.891. The van der Waals surface area contributed by atoms with Crippen LogP contribution in [-0.4, -0.2) is 11.9 Å². The van der Waals surface area contributed by atoms with Crippen LogP contribution in [0.15, 0.2) is 18.2 Å². The lowest BCUT2D eigenvalue weighted by molar-refractivity contribution is 0.100. The Bertz CT molecular complexity index is 454. The van der Waals surface area contributed by atoms with E-state index in [1.807, 2.05) is 6.07 Å². The summed E-state index contributed by atoms with van der Waals surface area (Å²) in [6.07, 6.45) is 9.21. The van der Waals surface area contributed by atoms with E-state index in [9.17, 15) is 4.79 Å². The molecule has 0 spiro atoms. The molecule has 4 heteroatoms. The molecule has 1 aliphatic rings. The van der Waals surface area contributed by atoms with E-state index in [1.54, 1.807) is 12.1 Å². The van der Waals surface area contributed by atoms with Crippen molar-refractivity contribution in [2.24, 2.45) is 5.73 Å². The number of hydrogen-bond donors (Lipinski definition) is 2. The van der Waals surface area contributed by atoms with E-state index in [1.165, 1.54) is 44.9 Å². The summed E-state index contributed by atoms with van der Waals surface area (Å²) in [6, 6.07) is 5.86. The van der Waals surface area contributed by atoms with Crippen molar-refractivity contribution in [3.8, 4) is 0 Å². The number of nitrogens with one attached hydrogen (secondary N) is 1. The number of benzene rings is 1. The molecule has 20 heavy (non-hydrogen) atoms. The van der Waals surface area contributed by atoms with Crippen LogP contribution in [0.25, 0.3) is 0 Å². The summed E-state index contributed by atoms with van der Waals surface area (Å²) in [6.45, 7) is 0.753. The molecule has 1 aromatic rings. The van der Waals surface area contributed by atoms with Crippen LogP contribution >= 0.6 is 11.6 Å². The van der Waals surface area contributed by atoms with E-state index in [-0.39, 0.29) is 0 Å². The summed E-state index contributed by atoms with van der Waals surface area (Å²) in [5.74, 6) is -0.438. The first kappa shape index (κ1) is 15.3. The second-order valence-corrected chi connectivity index (χ2v) is 6.00. The van der Waals surface area contributed by atoms with Crippen molar-refractivity contribution in [1.29, 1.82) is 0 Å². The number of carbonyl (C=O) groups is 1. The first-order chi connectivity index (χ1) is 9.66. The van der Waals surface area contributed by atoms with E-state index in [2.05, 4.69) is 5.32 Å². The van der Waals surface area contributed by atoms with Crippen molar-refractivity contribution in [1.82, 2.24) is 5.32 Å². The van der Waals surface area contributed by atoms with Crippen molar-refractivity contribution in [3.05, 3.63) is 34.3 Å². The summed E-state index contributed by atoms with van der Waals surface area (Å²) in [4.78, 5) is 11.1. The fourth-order valence-electron chi connectivity index (χ4n) is 2.76. The Morgan fingerprint density at radius 1 is 1.20 bits per heavy atom. The highest BCUT2D eigenvalue weighted by Gasteiger charge is 2.12. The van der Waals surface area contributed by atoms with Crippen molar-refractivity contribution >= 4 is 17.5 Å². The van der Waals surface area contributed by atoms with Gasteiger partial charge in [0.2, 0.25) is 5.91 Å². The van der Waals surface area contributed by atoms with Gasteiger partial charge in [-0.25, -0.2) is 0 Å². The number of nitrogens with two attached hydrogens (primary N) is 1. The van der Waals surface area contributed by atoms with Gasteiger partial charge in [0.1, 0.15) is 0 Å². The van der Waals surface area contributed by atoms with E-state index in [0.29, 0.717) is 16.6 Å². The van der Waals surface area contributed by atoms with E-state index in [4.69, 9.17) is 17.3 Å². The number of halogens is 1. The normalized spacial score (nSPS) is 17.4. The van der Waals surface area contributed by atoms with Gasteiger partial charge in [0.15, 0.2) is 0 Å². The van der Waals surface area contributed by atoms with Crippen LogP contribution in [0.5, 0.6) is 0 Å².